The minimum atomic E-state index is -1.05. The lowest BCUT2D eigenvalue weighted by Crippen LogP contribution is -2.54. The maximum atomic E-state index is 13.0. The molecule has 0 saturated carbocycles. The lowest BCUT2D eigenvalue weighted by molar-refractivity contribution is -0.134. The van der Waals surface area contributed by atoms with Gasteiger partial charge in [0.2, 0.25) is 5.91 Å². The van der Waals surface area contributed by atoms with Crippen molar-refractivity contribution in [1.29, 1.82) is 0 Å². The maximum Gasteiger partial charge on any atom is 0.418 e. The van der Waals surface area contributed by atoms with Gasteiger partial charge in [-0.1, -0.05) is 95.3 Å². The third kappa shape index (κ3) is 3.14. The number of hydrogen-bond donors (Lipinski definition) is 0. The zero-order valence-electron chi connectivity index (χ0n) is 16.6. The lowest BCUT2D eigenvalue weighted by atomic mass is 9.69. The molecule has 2 aromatic carbocycles. The molecule has 0 aliphatic carbocycles. The molecule has 1 saturated heterocycles. The number of imide groups is 1. The minimum absolute atomic E-state index is 0.214. The second-order valence-electron chi connectivity index (χ2n) is 8.47. The van der Waals surface area contributed by atoms with Gasteiger partial charge in [0, 0.05) is 17.0 Å². The predicted octanol–water partition coefficient (Wildman–Crippen LogP) is 4.98. The van der Waals surface area contributed by atoms with Crippen molar-refractivity contribution in [2.45, 2.75) is 46.3 Å². The summed E-state index contributed by atoms with van der Waals surface area (Å²) in [5.41, 5.74) is 0.275. The van der Waals surface area contributed by atoms with Crippen molar-refractivity contribution in [3.63, 3.8) is 0 Å². The van der Waals surface area contributed by atoms with Crippen molar-refractivity contribution in [2.24, 2.45) is 11.3 Å². The molecule has 1 unspecified atom stereocenters. The quantitative estimate of drug-likeness (QED) is 0.771. The summed E-state index contributed by atoms with van der Waals surface area (Å²) in [6.07, 6.45) is -0.582. The number of carbonyl (C=O) groups is 2. The molecule has 1 fully saturated rings. The van der Waals surface area contributed by atoms with Crippen molar-refractivity contribution >= 4 is 12.0 Å². The molecule has 4 nitrogen and oxygen atoms in total. The molecule has 0 radical (unpaired) electrons. The topological polar surface area (TPSA) is 46.6 Å². The fourth-order valence-corrected chi connectivity index (χ4v) is 3.99. The van der Waals surface area contributed by atoms with Gasteiger partial charge in [-0.25, -0.2) is 9.69 Å². The first kappa shape index (κ1) is 19.2. The number of nitrogens with zero attached hydrogens (tertiary/aromatic N) is 1. The number of amides is 2. The van der Waals surface area contributed by atoms with E-state index >= 15 is 0 Å². The monoisotopic (exact) mass is 365 g/mol. The number of benzene rings is 2. The Bertz CT molecular complexity index is 782. The largest absolute Gasteiger partial charge is 0.430 e. The number of cyclic esters (lactones) is 1. The zero-order valence-corrected chi connectivity index (χ0v) is 16.6. The third-order valence-electron chi connectivity index (χ3n) is 5.05. The molecule has 0 aromatic heterocycles. The van der Waals surface area contributed by atoms with E-state index in [-0.39, 0.29) is 11.8 Å². The summed E-state index contributed by atoms with van der Waals surface area (Å²) in [5, 5.41) is 0. The summed E-state index contributed by atoms with van der Waals surface area (Å²) in [6.45, 7) is 9.74. The molecule has 2 aromatic rings. The highest BCUT2D eigenvalue weighted by Gasteiger charge is 2.62. The van der Waals surface area contributed by atoms with Crippen LogP contribution in [0.15, 0.2) is 60.7 Å². The smallest absolute Gasteiger partial charge is 0.418 e. The van der Waals surface area contributed by atoms with E-state index in [1.807, 2.05) is 81.4 Å². The van der Waals surface area contributed by atoms with Gasteiger partial charge in [-0.05, 0) is 5.41 Å². The van der Waals surface area contributed by atoms with Gasteiger partial charge in [0.15, 0.2) is 5.60 Å². The average molecular weight is 365 g/mol. The van der Waals surface area contributed by atoms with Crippen LogP contribution in [-0.4, -0.2) is 22.9 Å². The van der Waals surface area contributed by atoms with E-state index in [1.165, 1.54) is 4.90 Å². The van der Waals surface area contributed by atoms with Crippen LogP contribution < -0.4 is 0 Å². The molecule has 0 spiro atoms. The van der Waals surface area contributed by atoms with Crippen molar-refractivity contribution in [1.82, 2.24) is 4.90 Å². The summed E-state index contributed by atoms with van der Waals surface area (Å²) < 4.78 is 6.11. The number of ether oxygens (including phenoxy) is 1. The lowest BCUT2D eigenvalue weighted by Gasteiger charge is -2.42. The van der Waals surface area contributed by atoms with Crippen LogP contribution in [-0.2, 0) is 15.1 Å². The van der Waals surface area contributed by atoms with Crippen LogP contribution in [0, 0.1) is 11.3 Å². The Morgan fingerprint density at radius 3 is 1.78 bits per heavy atom. The van der Waals surface area contributed by atoms with E-state index in [0.29, 0.717) is 0 Å². The first-order valence-electron chi connectivity index (χ1n) is 9.36. The molecule has 1 aliphatic rings. The van der Waals surface area contributed by atoms with E-state index in [4.69, 9.17) is 4.74 Å². The molecule has 0 N–H and O–H groups in total. The first-order valence-corrected chi connectivity index (χ1v) is 9.36. The number of carbonyl (C=O) groups excluding carboxylic acids is 2. The zero-order chi connectivity index (χ0) is 19.8. The molecular weight excluding hydrogens is 338 g/mol. The summed E-state index contributed by atoms with van der Waals surface area (Å²) in [5.74, 6) is -0.515. The Hall–Kier alpha value is -2.62. The minimum Gasteiger partial charge on any atom is -0.430 e. The van der Waals surface area contributed by atoms with Crippen molar-refractivity contribution < 1.29 is 14.3 Å². The van der Waals surface area contributed by atoms with E-state index in [9.17, 15) is 9.59 Å². The second kappa shape index (κ2) is 6.84. The molecular formula is C23H27NO3. The van der Waals surface area contributed by atoms with Gasteiger partial charge in [0.05, 0.1) is 6.04 Å². The van der Waals surface area contributed by atoms with Gasteiger partial charge in [-0.3, -0.25) is 4.79 Å². The third-order valence-corrected chi connectivity index (χ3v) is 5.05. The van der Waals surface area contributed by atoms with Gasteiger partial charge in [-0.15, -0.1) is 0 Å². The maximum absolute atomic E-state index is 13.0. The van der Waals surface area contributed by atoms with Gasteiger partial charge in [-0.2, -0.15) is 0 Å². The van der Waals surface area contributed by atoms with E-state index in [0.717, 1.165) is 11.1 Å². The first-order chi connectivity index (χ1) is 12.7. The van der Waals surface area contributed by atoms with E-state index < -0.39 is 23.2 Å². The second-order valence-corrected chi connectivity index (χ2v) is 8.47. The summed E-state index contributed by atoms with van der Waals surface area (Å²) in [4.78, 5) is 27.3. The van der Waals surface area contributed by atoms with Gasteiger partial charge < -0.3 is 4.74 Å². The van der Waals surface area contributed by atoms with Gasteiger partial charge >= 0.3 is 6.09 Å². The van der Waals surface area contributed by atoms with Gasteiger partial charge in [0.1, 0.15) is 0 Å². The average Bonchev–Trinajstić information content (AvgIpc) is 2.97. The Labute approximate surface area is 161 Å². The van der Waals surface area contributed by atoms with Crippen molar-refractivity contribution in [3.05, 3.63) is 71.8 Å². The normalized spacial score (nSPS) is 19.3. The highest BCUT2D eigenvalue weighted by molar-refractivity contribution is 5.95. The summed E-state index contributed by atoms with van der Waals surface area (Å²) in [6, 6.07) is 19.0. The van der Waals surface area contributed by atoms with Crippen LogP contribution >= 0.6 is 0 Å². The van der Waals surface area contributed by atoms with Crippen LogP contribution in [0.4, 0.5) is 4.79 Å². The molecule has 4 heteroatoms. The Balaban J connectivity index is 2.32. The van der Waals surface area contributed by atoms with Crippen LogP contribution in [0.3, 0.4) is 0 Å². The van der Waals surface area contributed by atoms with E-state index in [1.54, 1.807) is 13.8 Å². The number of hydrogen-bond acceptors (Lipinski definition) is 3. The van der Waals surface area contributed by atoms with Crippen molar-refractivity contribution in [2.75, 3.05) is 0 Å². The Morgan fingerprint density at radius 1 is 0.963 bits per heavy atom. The fraction of sp³-hybridized carbons (Fsp3) is 0.391. The number of rotatable bonds is 3. The van der Waals surface area contributed by atoms with Crippen LogP contribution in [0.2, 0.25) is 0 Å². The molecule has 2 amide bonds. The molecule has 1 heterocycles. The molecule has 1 aliphatic heterocycles. The Morgan fingerprint density at radius 2 is 1.41 bits per heavy atom. The summed E-state index contributed by atoms with van der Waals surface area (Å²) in [7, 11) is 0. The molecule has 1 atom stereocenters. The standard InChI is InChI=1S/C23H27NO3/c1-16(2)19(25)24-20(22(3,4)5)23(27-21(24)26,17-12-8-6-9-13-17)18-14-10-7-11-15-18/h6-16,20H,1-5H3. The summed E-state index contributed by atoms with van der Waals surface area (Å²) >= 11 is 0. The molecule has 142 valence electrons. The fourth-order valence-electron chi connectivity index (χ4n) is 3.99. The molecule has 27 heavy (non-hydrogen) atoms. The molecule has 3 rings (SSSR count). The molecule has 0 bridgehead atoms. The van der Waals surface area contributed by atoms with E-state index in [2.05, 4.69) is 0 Å². The Kier molecular flexibility index (Phi) is 4.85. The highest BCUT2D eigenvalue weighted by atomic mass is 16.6. The predicted molar refractivity (Wildman–Crippen MR) is 105 cm³/mol. The van der Waals surface area contributed by atoms with Crippen LogP contribution in [0.5, 0.6) is 0 Å². The highest BCUT2D eigenvalue weighted by Crippen LogP contribution is 2.50. The van der Waals surface area contributed by atoms with Crippen LogP contribution in [0.25, 0.3) is 0 Å². The SMILES string of the molecule is CC(C)C(=O)N1C(=O)OC(c2ccccc2)(c2ccccc2)C1C(C)(C)C. The van der Waals surface area contributed by atoms with Crippen molar-refractivity contribution in [3.8, 4) is 0 Å². The van der Waals surface area contributed by atoms with Gasteiger partial charge in [0.25, 0.3) is 0 Å². The van der Waals surface area contributed by atoms with Crippen LogP contribution in [0.1, 0.15) is 45.7 Å².